The molecule has 1 atom stereocenters. The second-order valence-corrected chi connectivity index (χ2v) is 4.57. The van der Waals surface area contributed by atoms with Crippen molar-refractivity contribution in [3.63, 3.8) is 0 Å². The fourth-order valence-corrected chi connectivity index (χ4v) is 1.40. The van der Waals surface area contributed by atoms with Crippen molar-refractivity contribution in [3.05, 3.63) is 23.8 Å². The minimum absolute atomic E-state index is 0.399. The molecule has 1 rings (SSSR count). The monoisotopic (exact) mass is 282 g/mol. The standard InChI is InChI=1S/C13H18N2O5/c1-8-6-9(20-3)4-5-10(8)15-12(18)14-7-13(2,19)11(16)17/h4-6,19H,7H2,1-3H3,(H,16,17)(H2,14,15,18). The number of hydrogen-bond donors (Lipinski definition) is 4. The molecule has 0 aromatic heterocycles. The summed E-state index contributed by atoms with van der Waals surface area (Å²) >= 11 is 0. The van der Waals surface area contributed by atoms with Gasteiger partial charge in [0.25, 0.3) is 0 Å². The third-order valence-electron chi connectivity index (χ3n) is 2.74. The van der Waals surface area contributed by atoms with Crippen LogP contribution in [0.5, 0.6) is 5.75 Å². The van der Waals surface area contributed by atoms with Gasteiger partial charge in [-0.3, -0.25) is 0 Å². The van der Waals surface area contributed by atoms with Crippen molar-refractivity contribution in [2.45, 2.75) is 19.4 Å². The Labute approximate surface area is 116 Å². The maximum absolute atomic E-state index is 11.6. The van der Waals surface area contributed by atoms with Gasteiger partial charge in [0.1, 0.15) is 5.75 Å². The number of aliphatic hydroxyl groups is 1. The lowest BCUT2D eigenvalue weighted by molar-refractivity contribution is -0.155. The van der Waals surface area contributed by atoms with Gasteiger partial charge in [0.15, 0.2) is 5.60 Å². The zero-order valence-corrected chi connectivity index (χ0v) is 11.6. The summed E-state index contributed by atoms with van der Waals surface area (Å²) in [6.07, 6.45) is 0. The smallest absolute Gasteiger partial charge is 0.337 e. The molecule has 110 valence electrons. The van der Waals surface area contributed by atoms with E-state index in [2.05, 4.69) is 10.6 Å². The van der Waals surface area contributed by atoms with Crippen LogP contribution in [-0.4, -0.2) is 41.5 Å². The van der Waals surface area contributed by atoms with Crippen molar-refractivity contribution in [2.75, 3.05) is 19.0 Å². The first-order valence-corrected chi connectivity index (χ1v) is 5.91. The van der Waals surface area contributed by atoms with E-state index in [9.17, 15) is 14.7 Å². The van der Waals surface area contributed by atoms with E-state index in [4.69, 9.17) is 9.84 Å². The number of ether oxygens (including phenoxy) is 1. The Morgan fingerprint density at radius 1 is 1.40 bits per heavy atom. The fourth-order valence-electron chi connectivity index (χ4n) is 1.40. The van der Waals surface area contributed by atoms with Crippen molar-refractivity contribution in [2.24, 2.45) is 0 Å². The normalized spacial score (nSPS) is 13.2. The first-order chi connectivity index (χ1) is 9.26. The molecule has 7 heteroatoms. The van der Waals surface area contributed by atoms with E-state index in [0.717, 1.165) is 12.5 Å². The van der Waals surface area contributed by atoms with Crippen molar-refractivity contribution < 1.29 is 24.5 Å². The number of urea groups is 1. The Bertz CT molecular complexity index is 513. The Morgan fingerprint density at radius 2 is 2.05 bits per heavy atom. The maximum atomic E-state index is 11.6. The Balaban J connectivity index is 2.61. The first-order valence-electron chi connectivity index (χ1n) is 5.91. The summed E-state index contributed by atoms with van der Waals surface area (Å²) < 4.78 is 5.05. The van der Waals surface area contributed by atoms with Gasteiger partial charge in [0, 0.05) is 5.69 Å². The number of aliphatic carboxylic acids is 1. The second kappa shape index (κ2) is 6.25. The van der Waals surface area contributed by atoms with Crippen LogP contribution < -0.4 is 15.4 Å². The fraction of sp³-hybridized carbons (Fsp3) is 0.385. The van der Waals surface area contributed by atoms with E-state index in [1.165, 1.54) is 0 Å². The van der Waals surface area contributed by atoms with E-state index in [-0.39, 0.29) is 0 Å². The summed E-state index contributed by atoms with van der Waals surface area (Å²) in [6, 6.07) is 4.52. The molecule has 1 aromatic rings. The molecule has 0 bridgehead atoms. The molecule has 1 aromatic carbocycles. The SMILES string of the molecule is COc1ccc(NC(=O)NCC(C)(O)C(=O)O)c(C)c1. The molecule has 0 aliphatic rings. The molecule has 0 spiro atoms. The molecule has 0 fully saturated rings. The van der Waals surface area contributed by atoms with Crippen LogP contribution in [0, 0.1) is 6.92 Å². The molecular weight excluding hydrogens is 264 g/mol. The molecule has 0 saturated carbocycles. The molecular formula is C13H18N2O5. The van der Waals surface area contributed by atoms with Gasteiger partial charge in [-0.05, 0) is 37.6 Å². The number of carbonyl (C=O) groups is 2. The molecule has 7 nitrogen and oxygen atoms in total. The van der Waals surface area contributed by atoms with Gasteiger partial charge >= 0.3 is 12.0 Å². The molecule has 4 N–H and O–H groups in total. The van der Waals surface area contributed by atoms with Gasteiger partial charge in [-0.1, -0.05) is 0 Å². The third-order valence-corrected chi connectivity index (χ3v) is 2.74. The van der Waals surface area contributed by atoms with Gasteiger partial charge in [0.05, 0.1) is 13.7 Å². The molecule has 0 saturated heterocycles. The van der Waals surface area contributed by atoms with Crippen LogP contribution in [0.4, 0.5) is 10.5 Å². The van der Waals surface area contributed by atoms with Gasteiger partial charge < -0.3 is 25.6 Å². The first kappa shape index (κ1) is 15.8. The van der Waals surface area contributed by atoms with Crippen LogP contribution in [0.3, 0.4) is 0 Å². The summed E-state index contributed by atoms with van der Waals surface area (Å²) in [4.78, 5) is 22.3. The third kappa shape index (κ3) is 4.13. The van der Waals surface area contributed by atoms with E-state index in [0.29, 0.717) is 11.4 Å². The Morgan fingerprint density at radius 3 is 2.55 bits per heavy atom. The Kier molecular flexibility index (Phi) is 4.93. The summed E-state index contributed by atoms with van der Waals surface area (Å²) in [5.74, 6) is -0.735. The highest BCUT2D eigenvalue weighted by atomic mass is 16.5. The molecule has 2 amide bonds. The number of methoxy groups -OCH3 is 1. The minimum Gasteiger partial charge on any atom is -0.497 e. The molecule has 0 radical (unpaired) electrons. The predicted octanol–water partition coefficient (Wildman–Crippen LogP) is 0.961. The molecule has 20 heavy (non-hydrogen) atoms. The van der Waals surface area contributed by atoms with Crippen LogP contribution in [0.2, 0.25) is 0 Å². The van der Waals surface area contributed by atoms with Gasteiger partial charge in [-0.25, -0.2) is 9.59 Å². The van der Waals surface area contributed by atoms with Crippen molar-refractivity contribution in [1.82, 2.24) is 5.32 Å². The van der Waals surface area contributed by atoms with Crippen LogP contribution in [0.15, 0.2) is 18.2 Å². The van der Waals surface area contributed by atoms with E-state index in [1.54, 1.807) is 32.2 Å². The van der Waals surface area contributed by atoms with Crippen LogP contribution in [-0.2, 0) is 4.79 Å². The number of nitrogens with one attached hydrogen (secondary N) is 2. The van der Waals surface area contributed by atoms with Crippen LogP contribution >= 0.6 is 0 Å². The van der Waals surface area contributed by atoms with Crippen molar-refractivity contribution in [1.29, 1.82) is 0 Å². The average Bonchev–Trinajstić information content (AvgIpc) is 2.38. The largest absolute Gasteiger partial charge is 0.497 e. The van der Waals surface area contributed by atoms with Gasteiger partial charge in [-0.2, -0.15) is 0 Å². The quantitative estimate of drug-likeness (QED) is 0.643. The van der Waals surface area contributed by atoms with Crippen LogP contribution in [0.1, 0.15) is 12.5 Å². The minimum atomic E-state index is -2.01. The summed E-state index contributed by atoms with van der Waals surface area (Å²) in [5.41, 5.74) is -0.644. The lowest BCUT2D eigenvalue weighted by Crippen LogP contribution is -2.47. The Hall–Kier alpha value is -2.28. The number of rotatable bonds is 5. The number of carboxylic acid groups (broad SMARTS) is 1. The summed E-state index contributed by atoms with van der Waals surface area (Å²) in [6.45, 7) is 2.50. The maximum Gasteiger partial charge on any atom is 0.337 e. The number of aryl methyl sites for hydroxylation is 1. The van der Waals surface area contributed by atoms with Crippen LogP contribution in [0.25, 0.3) is 0 Å². The zero-order chi connectivity index (χ0) is 15.3. The van der Waals surface area contributed by atoms with Gasteiger partial charge in [-0.15, -0.1) is 0 Å². The molecule has 0 aliphatic heterocycles. The highest BCUT2D eigenvalue weighted by Gasteiger charge is 2.30. The number of hydrogen-bond acceptors (Lipinski definition) is 4. The predicted molar refractivity (Wildman–Crippen MR) is 73.0 cm³/mol. The van der Waals surface area contributed by atoms with Gasteiger partial charge in [0.2, 0.25) is 0 Å². The molecule has 0 heterocycles. The second-order valence-electron chi connectivity index (χ2n) is 4.57. The van der Waals surface area contributed by atoms with Crippen molar-refractivity contribution in [3.8, 4) is 5.75 Å². The zero-order valence-electron chi connectivity index (χ0n) is 11.6. The van der Waals surface area contributed by atoms with Crippen molar-refractivity contribution >= 4 is 17.7 Å². The van der Waals surface area contributed by atoms with E-state index in [1.807, 2.05) is 0 Å². The lowest BCUT2D eigenvalue weighted by Gasteiger charge is -2.18. The van der Waals surface area contributed by atoms with E-state index >= 15 is 0 Å². The number of carbonyl (C=O) groups excluding carboxylic acids is 1. The number of benzene rings is 1. The average molecular weight is 282 g/mol. The summed E-state index contributed by atoms with van der Waals surface area (Å²) in [5, 5.41) is 23.0. The molecule has 1 unspecified atom stereocenters. The topological polar surface area (TPSA) is 108 Å². The highest BCUT2D eigenvalue weighted by Crippen LogP contribution is 2.20. The lowest BCUT2D eigenvalue weighted by atomic mass is 10.1. The number of carboxylic acids is 1. The number of anilines is 1. The van der Waals surface area contributed by atoms with E-state index < -0.39 is 24.1 Å². The number of amides is 2. The molecule has 0 aliphatic carbocycles. The summed E-state index contributed by atoms with van der Waals surface area (Å²) in [7, 11) is 1.54. The highest BCUT2D eigenvalue weighted by molar-refractivity contribution is 5.90.